The monoisotopic (exact) mass is 197 g/mol. The van der Waals surface area contributed by atoms with Crippen LogP contribution in [0.3, 0.4) is 0 Å². The van der Waals surface area contributed by atoms with Crippen molar-refractivity contribution >= 4 is 6.03 Å². The predicted molar refractivity (Wildman–Crippen MR) is 55.2 cm³/mol. The average molecular weight is 197 g/mol. The van der Waals surface area contributed by atoms with E-state index < -0.39 is 0 Å². The van der Waals surface area contributed by atoms with Gasteiger partial charge in [0.05, 0.1) is 0 Å². The third-order valence-electron chi connectivity index (χ3n) is 3.35. The minimum atomic E-state index is 0.131. The molecule has 0 aliphatic carbocycles. The Balaban J connectivity index is 2.00. The molecule has 2 fully saturated rings. The lowest BCUT2D eigenvalue weighted by Gasteiger charge is -2.39. The topological polar surface area (TPSA) is 35.6 Å². The number of nitrogens with zero attached hydrogens (tertiary/aromatic N) is 2. The summed E-state index contributed by atoms with van der Waals surface area (Å²) < 4.78 is 0. The van der Waals surface area contributed by atoms with Gasteiger partial charge in [0.1, 0.15) is 0 Å². The number of likely N-dealkylation sites (tertiary alicyclic amines) is 1. The minimum absolute atomic E-state index is 0.131. The molecule has 0 aromatic heterocycles. The fourth-order valence-corrected chi connectivity index (χ4v) is 2.61. The Morgan fingerprint density at radius 1 is 1.43 bits per heavy atom. The number of amides is 2. The molecule has 0 aromatic rings. The van der Waals surface area contributed by atoms with Gasteiger partial charge in [0, 0.05) is 25.7 Å². The summed E-state index contributed by atoms with van der Waals surface area (Å²) in [4.78, 5) is 15.9. The summed E-state index contributed by atoms with van der Waals surface area (Å²) in [6.45, 7) is 6.16. The molecule has 2 rings (SSSR count). The minimum Gasteiger partial charge on any atom is -0.336 e. The number of urea groups is 1. The molecule has 2 aliphatic rings. The molecule has 0 bridgehead atoms. The molecule has 2 heterocycles. The van der Waals surface area contributed by atoms with Gasteiger partial charge in [-0.25, -0.2) is 4.79 Å². The van der Waals surface area contributed by atoms with Crippen molar-refractivity contribution in [3.63, 3.8) is 0 Å². The van der Waals surface area contributed by atoms with E-state index in [0.717, 1.165) is 32.6 Å². The smallest absolute Gasteiger partial charge is 0.317 e. The Bertz CT molecular complexity index is 231. The maximum atomic E-state index is 11.5. The molecule has 4 nitrogen and oxygen atoms in total. The van der Waals surface area contributed by atoms with Gasteiger partial charge in [-0.2, -0.15) is 0 Å². The maximum absolute atomic E-state index is 11.5. The number of nitrogens with one attached hydrogen (secondary N) is 1. The van der Waals surface area contributed by atoms with Gasteiger partial charge in [-0.15, -0.1) is 0 Å². The van der Waals surface area contributed by atoms with Crippen LogP contribution in [0.25, 0.3) is 0 Å². The van der Waals surface area contributed by atoms with Crippen molar-refractivity contribution in [1.82, 2.24) is 15.1 Å². The van der Waals surface area contributed by atoms with Crippen molar-refractivity contribution in [2.45, 2.75) is 19.4 Å². The van der Waals surface area contributed by atoms with Crippen LogP contribution < -0.4 is 5.32 Å². The van der Waals surface area contributed by atoms with E-state index in [9.17, 15) is 4.79 Å². The molecule has 14 heavy (non-hydrogen) atoms. The molecule has 2 unspecified atom stereocenters. The van der Waals surface area contributed by atoms with Crippen molar-refractivity contribution in [1.29, 1.82) is 0 Å². The Morgan fingerprint density at radius 2 is 2.21 bits per heavy atom. The Morgan fingerprint density at radius 3 is 2.79 bits per heavy atom. The molecule has 2 amide bonds. The first-order valence-corrected chi connectivity index (χ1v) is 5.41. The van der Waals surface area contributed by atoms with Gasteiger partial charge in [-0.3, -0.25) is 0 Å². The van der Waals surface area contributed by atoms with Crippen molar-refractivity contribution in [3.05, 3.63) is 0 Å². The van der Waals surface area contributed by atoms with E-state index >= 15 is 0 Å². The molecular weight excluding hydrogens is 178 g/mol. The molecular formula is C10H19N3O. The van der Waals surface area contributed by atoms with Crippen LogP contribution in [0.4, 0.5) is 4.79 Å². The summed E-state index contributed by atoms with van der Waals surface area (Å²) in [6, 6.07) is 0.583. The molecule has 0 aromatic carbocycles. The SMILES string of the molecule is CC1CN(C)CCC1N1CCNC1=O. The number of hydrogen-bond donors (Lipinski definition) is 1. The second-order valence-electron chi connectivity index (χ2n) is 4.52. The quantitative estimate of drug-likeness (QED) is 0.658. The van der Waals surface area contributed by atoms with E-state index in [-0.39, 0.29) is 6.03 Å². The summed E-state index contributed by atoms with van der Waals surface area (Å²) in [5, 5.41) is 2.87. The molecule has 0 saturated carbocycles. The first-order chi connectivity index (χ1) is 6.68. The molecule has 4 heteroatoms. The largest absolute Gasteiger partial charge is 0.336 e. The number of carbonyl (C=O) groups excluding carboxylic acids is 1. The van der Waals surface area contributed by atoms with Crippen LogP contribution in [0.1, 0.15) is 13.3 Å². The van der Waals surface area contributed by atoms with Crippen LogP contribution in [0, 0.1) is 5.92 Å². The van der Waals surface area contributed by atoms with Gasteiger partial charge in [0.25, 0.3) is 0 Å². The fourth-order valence-electron chi connectivity index (χ4n) is 2.61. The zero-order valence-corrected chi connectivity index (χ0v) is 8.99. The zero-order chi connectivity index (χ0) is 10.1. The third kappa shape index (κ3) is 1.71. The van der Waals surface area contributed by atoms with Gasteiger partial charge in [0.2, 0.25) is 0 Å². The molecule has 2 atom stereocenters. The van der Waals surface area contributed by atoms with Crippen LogP contribution in [0.2, 0.25) is 0 Å². The van der Waals surface area contributed by atoms with Crippen molar-refractivity contribution < 1.29 is 4.79 Å². The average Bonchev–Trinajstić information content (AvgIpc) is 2.52. The van der Waals surface area contributed by atoms with Gasteiger partial charge in [-0.05, 0) is 25.9 Å². The van der Waals surface area contributed by atoms with Crippen molar-refractivity contribution in [2.24, 2.45) is 5.92 Å². The lowest BCUT2D eigenvalue weighted by atomic mass is 9.93. The van der Waals surface area contributed by atoms with Crippen LogP contribution >= 0.6 is 0 Å². The second kappa shape index (κ2) is 3.77. The van der Waals surface area contributed by atoms with E-state index in [1.54, 1.807) is 0 Å². The van der Waals surface area contributed by atoms with Crippen LogP contribution in [-0.4, -0.2) is 55.1 Å². The predicted octanol–water partition coefficient (Wildman–Crippen LogP) is 0.352. The Kier molecular flexibility index (Phi) is 2.63. The Hall–Kier alpha value is -0.770. The van der Waals surface area contributed by atoms with Crippen molar-refractivity contribution in [3.8, 4) is 0 Å². The first kappa shape index (κ1) is 9.77. The van der Waals surface area contributed by atoms with Crippen LogP contribution in [0.15, 0.2) is 0 Å². The number of piperidine rings is 1. The van der Waals surface area contributed by atoms with Crippen LogP contribution in [-0.2, 0) is 0 Å². The van der Waals surface area contributed by atoms with Gasteiger partial charge < -0.3 is 15.1 Å². The van der Waals surface area contributed by atoms with Crippen LogP contribution in [0.5, 0.6) is 0 Å². The summed E-state index contributed by atoms with van der Waals surface area (Å²) in [5.41, 5.74) is 0. The van der Waals surface area contributed by atoms with Gasteiger partial charge in [0.15, 0.2) is 0 Å². The number of carbonyl (C=O) groups is 1. The lowest BCUT2D eigenvalue weighted by molar-refractivity contribution is 0.107. The second-order valence-corrected chi connectivity index (χ2v) is 4.52. The molecule has 2 aliphatic heterocycles. The summed E-state index contributed by atoms with van der Waals surface area (Å²) in [6.07, 6.45) is 1.12. The summed E-state index contributed by atoms with van der Waals surface area (Å²) >= 11 is 0. The van der Waals surface area contributed by atoms with E-state index in [1.165, 1.54) is 0 Å². The summed E-state index contributed by atoms with van der Waals surface area (Å²) in [5.74, 6) is 0.595. The molecule has 2 saturated heterocycles. The van der Waals surface area contributed by atoms with Gasteiger partial charge in [-0.1, -0.05) is 6.92 Å². The highest BCUT2D eigenvalue weighted by molar-refractivity contribution is 5.76. The summed E-state index contributed by atoms with van der Waals surface area (Å²) in [7, 11) is 2.15. The van der Waals surface area contributed by atoms with Crippen molar-refractivity contribution in [2.75, 3.05) is 33.2 Å². The van der Waals surface area contributed by atoms with E-state index in [2.05, 4.69) is 24.2 Å². The van der Waals surface area contributed by atoms with E-state index in [1.807, 2.05) is 4.90 Å². The van der Waals surface area contributed by atoms with E-state index in [0.29, 0.717) is 12.0 Å². The van der Waals surface area contributed by atoms with Gasteiger partial charge >= 0.3 is 6.03 Å². The first-order valence-electron chi connectivity index (χ1n) is 5.41. The number of rotatable bonds is 1. The number of hydrogen-bond acceptors (Lipinski definition) is 2. The highest BCUT2D eigenvalue weighted by Gasteiger charge is 2.34. The maximum Gasteiger partial charge on any atom is 0.317 e. The highest BCUT2D eigenvalue weighted by Crippen LogP contribution is 2.22. The molecule has 0 radical (unpaired) electrons. The van der Waals surface area contributed by atoms with E-state index in [4.69, 9.17) is 0 Å². The third-order valence-corrected chi connectivity index (χ3v) is 3.35. The standard InChI is InChI=1S/C10H19N3O/c1-8-7-12(2)5-3-9(8)13-6-4-11-10(13)14/h8-9H,3-7H2,1-2H3,(H,11,14). The zero-order valence-electron chi connectivity index (χ0n) is 8.99. The molecule has 80 valence electrons. The molecule has 1 N–H and O–H groups in total. The lowest BCUT2D eigenvalue weighted by Crippen LogP contribution is -2.50. The normalized spacial score (nSPS) is 34.7. The highest BCUT2D eigenvalue weighted by atomic mass is 16.2. The fraction of sp³-hybridized carbons (Fsp3) is 0.900. The Labute approximate surface area is 85.2 Å². The molecule has 0 spiro atoms.